The first-order valence-corrected chi connectivity index (χ1v) is 7.58. The number of amides is 2. The van der Waals surface area contributed by atoms with Crippen LogP contribution in [0.3, 0.4) is 0 Å². The van der Waals surface area contributed by atoms with Gasteiger partial charge >= 0.3 is 12.2 Å². The second-order valence-corrected chi connectivity index (χ2v) is 5.68. The monoisotopic (exact) mass is 368 g/mol. The Bertz CT molecular complexity index is 811. The summed E-state index contributed by atoms with van der Waals surface area (Å²) in [5, 5.41) is 0. The maximum atomic E-state index is 14.0. The molecular formula is C17H12ClF3N2O2. The van der Waals surface area contributed by atoms with Crippen molar-refractivity contribution >= 4 is 29.7 Å². The third-order valence-corrected chi connectivity index (χ3v) is 4.10. The lowest BCUT2D eigenvalue weighted by Crippen LogP contribution is -2.46. The highest BCUT2D eigenvalue weighted by molar-refractivity contribution is 6.37. The van der Waals surface area contributed by atoms with Crippen molar-refractivity contribution in [2.45, 2.75) is 18.4 Å². The molecule has 0 spiro atoms. The van der Waals surface area contributed by atoms with Crippen LogP contribution in [0.25, 0.3) is 0 Å². The van der Waals surface area contributed by atoms with E-state index in [9.17, 15) is 18.0 Å². The van der Waals surface area contributed by atoms with Crippen LogP contribution in [0.2, 0.25) is 0 Å². The minimum absolute atomic E-state index is 0.128. The number of ether oxygens (including phenoxy) is 1. The van der Waals surface area contributed by atoms with Crippen molar-refractivity contribution in [2.75, 3.05) is 4.42 Å². The number of nitrogens with zero attached hydrogens (tertiary/aromatic N) is 2. The summed E-state index contributed by atoms with van der Waals surface area (Å²) in [7, 11) is 0. The Morgan fingerprint density at radius 1 is 1.08 bits per heavy atom. The number of halogens is 4. The van der Waals surface area contributed by atoms with E-state index in [-0.39, 0.29) is 17.9 Å². The lowest BCUT2D eigenvalue weighted by atomic mass is 9.92. The number of alkyl halides is 3. The van der Waals surface area contributed by atoms with Crippen LogP contribution in [0.1, 0.15) is 11.1 Å². The van der Waals surface area contributed by atoms with Crippen molar-refractivity contribution in [1.29, 1.82) is 0 Å². The first kappa shape index (κ1) is 17.4. The zero-order chi connectivity index (χ0) is 18.1. The Balaban J connectivity index is 2.12. The zero-order valence-corrected chi connectivity index (χ0v) is 13.5. The Kier molecular flexibility index (Phi) is 4.53. The van der Waals surface area contributed by atoms with E-state index >= 15 is 0 Å². The van der Waals surface area contributed by atoms with E-state index in [0.29, 0.717) is 16.2 Å². The standard InChI is InChI=1S/C17H12ClF3N2O2/c18-23-14-9-5-4-8-13(14)16(17(19,20)21,11-22-15(23)24)25-10-12-6-2-1-3-7-12/h1-9,11H,10H2. The number of hydrogen-bond acceptors (Lipinski definition) is 2. The second kappa shape index (κ2) is 6.50. The van der Waals surface area contributed by atoms with Crippen LogP contribution in [0.15, 0.2) is 59.6 Å². The normalized spacial score (nSPS) is 20.3. The second-order valence-electron chi connectivity index (χ2n) is 5.35. The molecule has 2 aromatic carbocycles. The lowest BCUT2D eigenvalue weighted by Gasteiger charge is -2.33. The quantitative estimate of drug-likeness (QED) is 0.728. The molecule has 0 saturated carbocycles. The number of rotatable bonds is 3. The average molecular weight is 369 g/mol. The molecule has 1 unspecified atom stereocenters. The summed E-state index contributed by atoms with van der Waals surface area (Å²) >= 11 is 5.84. The number of hydrogen-bond donors (Lipinski definition) is 0. The van der Waals surface area contributed by atoms with Crippen molar-refractivity contribution in [3.8, 4) is 0 Å². The van der Waals surface area contributed by atoms with Gasteiger partial charge in [0.15, 0.2) is 0 Å². The molecule has 4 nitrogen and oxygen atoms in total. The predicted molar refractivity (Wildman–Crippen MR) is 87.6 cm³/mol. The summed E-state index contributed by atoms with van der Waals surface area (Å²) in [6.45, 7) is -0.322. The van der Waals surface area contributed by atoms with Crippen LogP contribution >= 0.6 is 11.8 Å². The Morgan fingerprint density at radius 3 is 2.40 bits per heavy atom. The number of carbonyl (C=O) groups excluding carboxylic acids is 1. The number of fused-ring (bicyclic) bond motifs is 1. The van der Waals surface area contributed by atoms with Gasteiger partial charge in [-0.15, -0.1) is 0 Å². The van der Waals surface area contributed by atoms with Gasteiger partial charge in [0.25, 0.3) is 0 Å². The zero-order valence-electron chi connectivity index (χ0n) is 12.7. The van der Waals surface area contributed by atoms with E-state index in [1.54, 1.807) is 30.3 Å². The third-order valence-electron chi connectivity index (χ3n) is 3.77. The molecule has 2 aromatic rings. The van der Waals surface area contributed by atoms with E-state index in [4.69, 9.17) is 16.5 Å². The molecule has 0 fully saturated rings. The molecule has 2 amide bonds. The van der Waals surface area contributed by atoms with Gasteiger partial charge in [-0.05, 0) is 11.6 Å². The molecule has 1 aliphatic heterocycles. The molecular weight excluding hydrogens is 357 g/mol. The number of carbonyl (C=O) groups is 1. The van der Waals surface area contributed by atoms with Crippen LogP contribution in [-0.2, 0) is 16.9 Å². The maximum absolute atomic E-state index is 14.0. The van der Waals surface area contributed by atoms with Gasteiger partial charge in [-0.1, -0.05) is 48.5 Å². The van der Waals surface area contributed by atoms with Gasteiger partial charge in [0.1, 0.15) is 0 Å². The summed E-state index contributed by atoms with van der Waals surface area (Å²) in [5.74, 6) is 0. The molecule has 3 rings (SSSR count). The van der Waals surface area contributed by atoms with E-state index in [0.717, 1.165) is 0 Å². The highest BCUT2D eigenvalue weighted by Gasteiger charge is 2.59. The fourth-order valence-corrected chi connectivity index (χ4v) is 2.71. The van der Waals surface area contributed by atoms with Gasteiger partial charge in [-0.25, -0.2) is 14.2 Å². The van der Waals surface area contributed by atoms with Crippen LogP contribution in [0, 0.1) is 0 Å². The summed E-state index contributed by atoms with van der Waals surface area (Å²) in [6.07, 6.45) is -4.39. The van der Waals surface area contributed by atoms with E-state index in [1.165, 1.54) is 24.3 Å². The molecule has 0 aromatic heterocycles. The molecule has 1 atom stereocenters. The topological polar surface area (TPSA) is 41.9 Å². The average Bonchev–Trinajstić information content (AvgIpc) is 2.71. The minimum atomic E-state index is -4.86. The molecule has 1 aliphatic rings. The first-order chi connectivity index (χ1) is 11.8. The number of anilines is 1. The van der Waals surface area contributed by atoms with E-state index in [2.05, 4.69) is 4.99 Å². The molecule has 8 heteroatoms. The molecule has 0 radical (unpaired) electrons. The van der Waals surface area contributed by atoms with Crippen LogP contribution < -0.4 is 4.42 Å². The lowest BCUT2D eigenvalue weighted by molar-refractivity contribution is -0.255. The number of benzene rings is 2. The van der Waals surface area contributed by atoms with Crippen molar-refractivity contribution in [3.05, 3.63) is 65.7 Å². The predicted octanol–water partition coefficient (Wildman–Crippen LogP) is 4.83. The van der Waals surface area contributed by atoms with Crippen LogP contribution in [0.4, 0.5) is 23.7 Å². The van der Waals surface area contributed by atoms with Gasteiger partial charge in [0.05, 0.1) is 18.5 Å². The van der Waals surface area contributed by atoms with Gasteiger partial charge in [0.2, 0.25) is 5.60 Å². The van der Waals surface area contributed by atoms with Gasteiger partial charge in [-0.2, -0.15) is 13.2 Å². The molecule has 0 N–H and O–H groups in total. The Labute approximate surface area is 146 Å². The summed E-state index contributed by atoms with van der Waals surface area (Å²) in [6, 6.07) is 12.8. The van der Waals surface area contributed by atoms with Gasteiger partial charge < -0.3 is 4.74 Å². The molecule has 0 saturated heterocycles. The van der Waals surface area contributed by atoms with E-state index < -0.39 is 17.8 Å². The molecule has 0 bridgehead atoms. The van der Waals surface area contributed by atoms with Crippen molar-refractivity contribution in [3.63, 3.8) is 0 Å². The smallest absolute Gasteiger partial charge is 0.351 e. The molecule has 0 aliphatic carbocycles. The van der Waals surface area contributed by atoms with Crippen molar-refractivity contribution < 1.29 is 22.7 Å². The number of para-hydroxylation sites is 1. The maximum Gasteiger partial charge on any atom is 0.427 e. The fourth-order valence-electron chi connectivity index (χ4n) is 2.52. The summed E-state index contributed by atoms with van der Waals surface area (Å²) < 4.78 is 47.9. The van der Waals surface area contributed by atoms with Crippen LogP contribution in [0.5, 0.6) is 0 Å². The largest absolute Gasteiger partial charge is 0.427 e. The van der Waals surface area contributed by atoms with Crippen LogP contribution in [-0.4, -0.2) is 18.4 Å². The summed E-state index contributed by atoms with van der Waals surface area (Å²) in [4.78, 5) is 15.2. The van der Waals surface area contributed by atoms with Gasteiger partial charge in [0, 0.05) is 17.3 Å². The molecule has 130 valence electrons. The molecule has 25 heavy (non-hydrogen) atoms. The van der Waals surface area contributed by atoms with Crippen molar-refractivity contribution in [1.82, 2.24) is 0 Å². The van der Waals surface area contributed by atoms with Crippen molar-refractivity contribution in [2.24, 2.45) is 4.99 Å². The SMILES string of the molecule is O=C1N=CC(OCc2ccccc2)(C(F)(F)F)c2ccccc2N1Cl. The first-order valence-electron chi connectivity index (χ1n) is 7.24. The van der Waals surface area contributed by atoms with E-state index in [1.807, 2.05) is 0 Å². The Hall–Kier alpha value is -2.38. The van der Waals surface area contributed by atoms with Gasteiger partial charge in [-0.3, -0.25) is 0 Å². The molecule has 1 heterocycles. The summed E-state index contributed by atoms with van der Waals surface area (Å²) in [5.41, 5.74) is -2.77. The fraction of sp³-hybridized carbons (Fsp3) is 0.176. The Morgan fingerprint density at radius 2 is 1.72 bits per heavy atom. The third kappa shape index (κ3) is 3.12. The number of urea groups is 1. The highest BCUT2D eigenvalue weighted by atomic mass is 35.5. The minimum Gasteiger partial charge on any atom is -0.351 e. The highest BCUT2D eigenvalue weighted by Crippen LogP contribution is 2.46. The number of aliphatic imine (C=N–C) groups is 1.